The average Bonchev–Trinajstić information content (AvgIpc) is 2.96. The third kappa shape index (κ3) is 2.72. The fourth-order valence-electron chi connectivity index (χ4n) is 4.58. The number of benzene rings is 1. The van der Waals surface area contributed by atoms with Crippen LogP contribution in [0.3, 0.4) is 0 Å². The average molecular weight is 416 g/mol. The summed E-state index contributed by atoms with van der Waals surface area (Å²) in [6, 6.07) is 6.78. The van der Waals surface area contributed by atoms with E-state index in [0.717, 1.165) is 37.1 Å². The third-order valence-electron chi connectivity index (χ3n) is 5.84. The molecule has 5 heteroatoms. The van der Waals surface area contributed by atoms with E-state index < -0.39 is 0 Å². The van der Waals surface area contributed by atoms with E-state index >= 15 is 0 Å². The minimum atomic E-state index is -0.0584. The molecule has 1 unspecified atom stereocenters. The van der Waals surface area contributed by atoms with Crippen molar-refractivity contribution < 1.29 is 4.79 Å². The van der Waals surface area contributed by atoms with Gasteiger partial charge < -0.3 is 9.88 Å². The number of H-pyrrole nitrogens is 1. The van der Waals surface area contributed by atoms with Crippen molar-refractivity contribution in [2.75, 3.05) is 26.7 Å². The molecule has 2 aromatic rings. The second-order valence-electron chi connectivity index (χ2n) is 7.45. The summed E-state index contributed by atoms with van der Waals surface area (Å²) in [6.07, 6.45) is 4.23. The van der Waals surface area contributed by atoms with Gasteiger partial charge in [-0.05, 0) is 65.5 Å². The van der Waals surface area contributed by atoms with Crippen molar-refractivity contribution >= 4 is 38.3 Å². The Hall–Kier alpha value is -1.59. The van der Waals surface area contributed by atoms with Crippen LogP contribution in [0.5, 0.6) is 0 Å². The normalized spacial score (nSPS) is 22.2. The molecular formula is C21H26BrN3O. The lowest BCUT2D eigenvalue weighted by molar-refractivity contribution is -0.134. The molecule has 1 aliphatic heterocycles. The van der Waals surface area contributed by atoms with Crippen molar-refractivity contribution in [3.05, 3.63) is 40.0 Å². The SMILES string of the molecule is CCCN(CC)C(=O)[C@@H]1C=C2c3cccc4[nH]c(Br)c(c34)CC2N(C)C1. The first-order valence-corrected chi connectivity index (χ1v) is 10.3. The molecule has 0 saturated carbocycles. The molecule has 1 aromatic carbocycles. The van der Waals surface area contributed by atoms with E-state index in [2.05, 4.69) is 71.0 Å². The number of likely N-dealkylation sites (N-methyl/N-ethyl adjacent to an activating group) is 1. The summed E-state index contributed by atoms with van der Waals surface area (Å²) in [5.74, 6) is 0.206. The van der Waals surface area contributed by atoms with Gasteiger partial charge in [-0.1, -0.05) is 25.1 Å². The van der Waals surface area contributed by atoms with Crippen LogP contribution < -0.4 is 0 Å². The first-order valence-electron chi connectivity index (χ1n) is 9.55. The van der Waals surface area contributed by atoms with Crippen molar-refractivity contribution in [1.82, 2.24) is 14.8 Å². The summed E-state index contributed by atoms with van der Waals surface area (Å²) in [7, 11) is 2.15. The van der Waals surface area contributed by atoms with Gasteiger partial charge in [-0.2, -0.15) is 0 Å². The van der Waals surface area contributed by atoms with Gasteiger partial charge in [0.25, 0.3) is 0 Å². The monoisotopic (exact) mass is 415 g/mol. The molecule has 4 nitrogen and oxygen atoms in total. The molecule has 138 valence electrons. The van der Waals surface area contributed by atoms with Crippen molar-refractivity contribution in [3.63, 3.8) is 0 Å². The Kier molecular flexibility index (Phi) is 4.70. The van der Waals surface area contributed by atoms with Crippen LogP contribution in [0.25, 0.3) is 16.5 Å². The summed E-state index contributed by atoms with van der Waals surface area (Å²) < 4.78 is 1.09. The molecule has 2 aliphatic rings. The van der Waals surface area contributed by atoms with Crippen LogP contribution in [0.4, 0.5) is 0 Å². The summed E-state index contributed by atoms with van der Waals surface area (Å²) in [4.78, 5) is 20.9. The number of amides is 1. The van der Waals surface area contributed by atoms with Crippen LogP contribution in [-0.2, 0) is 11.2 Å². The first kappa shape index (κ1) is 17.8. The number of aromatic nitrogens is 1. The Balaban J connectivity index is 1.79. The lowest BCUT2D eigenvalue weighted by atomic mass is 9.79. The molecule has 1 amide bonds. The van der Waals surface area contributed by atoms with Crippen molar-refractivity contribution in [3.8, 4) is 0 Å². The van der Waals surface area contributed by atoms with Crippen molar-refractivity contribution in [1.29, 1.82) is 0 Å². The number of nitrogens with one attached hydrogen (secondary N) is 1. The maximum atomic E-state index is 13.1. The summed E-state index contributed by atoms with van der Waals surface area (Å²) >= 11 is 3.70. The highest BCUT2D eigenvalue weighted by Gasteiger charge is 2.37. The quantitative estimate of drug-likeness (QED) is 0.817. The third-order valence-corrected chi connectivity index (χ3v) is 6.52. The van der Waals surface area contributed by atoms with Crippen LogP contribution in [-0.4, -0.2) is 53.4 Å². The van der Waals surface area contributed by atoms with Crippen molar-refractivity contribution in [2.24, 2.45) is 5.92 Å². The Bertz CT molecular complexity index is 885. The van der Waals surface area contributed by atoms with E-state index in [9.17, 15) is 4.79 Å². The number of fused-ring (bicyclic) bond motifs is 2. The zero-order valence-corrected chi connectivity index (χ0v) is 17.3. The van der Waals surface area contributed by atoms with Crippen LogP contribution in [0.2, 0.25) is 0 Å². The van der Waals surface area contributed by atoms with E-state index in [1.807, 2.05) is 4.90 Å². The molecular weight excluding hydrogens is 390 g/mol. The van der Waals surface area contributed by atoms with Crippen LogP contribution >= 0.6 is 15.9 Å². The Morgan fingerprint density at radius 1 is 1.38 bits per heavy atom. The Morgan fingerprint density at radius 3 is 2.92 bits per heavy atom. The number of carbonyl (C=O) groups is 1. The number of carbonyl (C=O) groups excluding carboxylic acids is 1. The number of halogens is 1. The predicted octanol–water partition coefficient (Wildman–Crippen LogP) is 4.06. The summed E-state index contributed by atoms with van der Waals surface area (Å²) in [5, 5.41) is 1.31. The minimum Gasteiger partial charge on any atom is -0.349 e. The number of nitrogens with zero attached hydrogens (tertiary/aromatic N) is 2. The van der Waals surface area contributed by atoms with Crippen LogP contribution in [0, 0.1) is 5.92 Å². The molecule has 1 aromatic heterocycles. The van der Waals surface area contributed by atoms with Gasteiger partial charge in [-0.15, -0.1) is 0 Å². The summed E-state index contributed by atoms with van der Waals surface area (Å²) in [5.41, 5.74) is 5.12. The topological polar surface area (TPSA) is 39.3 Å². The van der Waals surface area contributed by atoms with Gasteiger partial charge in [0.15, 0.2) is 0 Å². The van der Waals surface area contributed by atoms with Gasteiger partial charge in [0, 0.05) is 36.6 Å². The molecule has 0 fully saturated rings. The van der Waals surface area contributed by atoms with Crippen LogP contribution in [0.1, 0.15) is 31.4 Å². The Labute approximate surface area is 163 Å². The smallest absolute Gasteiger partial charge is 0.230 e. The standard InChI is InChI=1S/C21H26BrN3O/c1-4-9-25(5-2)21(26)13-10-15-14-7-6-8-17-19(14)16(20(22)23-17)11-18(15)24(3)12-13/h6-8,10,13,18,23H,4-5,9,11-12H2,1-3H3/t13-,18?/m1/s1. The fraction of sp³-hybridized carbons (Fsp3) is 0.476. The zero-order valence-electron chi connectivity index (χ0n) is 15.7. The van der Waals surface area contributed by atoms with E-state index in [4.69, 9.17) is 0 Å². The first-order chi connectivity index (χ1) is 12.5. The number of hydrogen-bond donors (Lipinski definition) is 1. The summed E-state index contributed by atoms with van der Waals surface area (Å²) in [6.45, 7) is 6.61. The maximum Gasteiger partial charge on any atom is 0.230 e. The Morgan fingerprint density at radius 2 is 2.19 bits per heavy atom. The molecule has 0 radical (unpaired) electrons. The molecule has 2 heterocycles. The van der Waals surface area contributed by atoms with E-state index in [0.29, 0.717) is 6.04 Å². The van der Waals surface area contributed by atoms with E-state index in [-0.39, 0.29) is 11.8 Å². The lowest BCUT2D eigenvalue weighted by Crippen LogP contribution is -2.47. The van der Waals surface area contributed by atoms with Gasteiger partial charge in [0.2, 0.25) is 5.91 Å². The van der Waals surface area contributed by atoms with Gasteiger partial charge in [-0.3, -0.25) is 9.69 Å². The van der Waals surface area contributed by atoms with E-state index in [1.165, 1.54) is 27.6 Å². The number of hydrogen-bond acceptors (Lipinski definition) is 2. The number of aromatic amines is 1. The highest BCUT2D eigenvalue weighted by molar-refractivity contribution is 9.10. The maximum absolute atomic E-state index is 13.1. The molecule has 1 N–H and O–H groups in total. The largest absolute Gasteiger partial charge is 0.349 e. The van der Waals surface area contributed by atoms with Gasteiger partial charge >= 0.3 is 0 Å². The second-order valence-corrected chi connectivity index (χ2v) is 8.24. The van der Waals surface area contributed by atoms with Crippen LogP contribution in [0.15, 0.2) is 28.9 Å². The number of rotatable bonds is 4. The van der Waals surface area contributed by atoms with Gasteiger partial charge in [0.1, 0.15) is 0 Å². The molecule has 0 bridgehead atoms. The highest BCUT2D eigenvalue weighted by atomic mass is 79.9. The molecule has 4 rings (SSSR count). The molecule has 0 saturated heterocycles. The zero-order chi connectivity index (χ0) is 18.4. The van der Waals surface area contributed by atoms with Crippen molar-refractivity contribution in [2.45, 2.75) is 32.7 Å². The molecule has 0 spiro atoms. The second kappa shape index (κ2) is 6.86. The fourth-order valence-corrected chi connectivity index (χ4v) is 5.15. The predicted molar refractivity (Wildman–Crippen MR) is 110 cm³/mol. The molecule has 1 aliphatic carbocycles. The van der Waals surface area contributed by atoms with E-state index in [1.54, 1.807) is 0 Å². The minimum absolute atomic E-state index is 0.0584. The lowest BCUT2D eigenvalue weighted by Gasteiger charge is -2.40. The molecule has 26 heavy (non-hydrogen) atoms. The molecule has 2 atom stereocenters. The van der Waals surface area contributed by atoms with Gasteiger partial charge in [0.05, 0.1) is 10.5 Å². The highest BCUT2D eigenvalue weighted by Crippen LogP contribution is 2.43. The van der Waals surface area contributed by atoms with Gasteiger partial charge in [-0.25, -0.2) is 0 Å².